The molecule has 1 rings (SSSR count). The van der Waals surface area contributed by atoms with Gasteiger partial charge in [0.25, 0.3) is 0 Å². The molecule has 23 heavy (non-hydrogen) atoms. The van der Waals surface area contributed by atoms with E-state index in [1.165, 1.54) is 0 Å². The molecule has 0 aliphatic heterocycles. The summed E-state index contributed by atoms with van der Waals surface area (Å²) in [6.45, 7) is 14.4. The Morgan fingerprint density at radius 2 is 1.96 bits per heavy atom. The van der Waals surface area contributed by atoms with Gasteiger partial charge in [-0.15, -0.1) is 0 Å². The molecule has 1 aromatic rings. The molecule has 1 aromatic heterocycles. The second kappa shape index (κ2) is 10.3. The van der Waals surface area contributed by atoms with Crippen LogP contribution in [0.1, 0.15) is 51.6 Å². The summed E-state index contributed by atoms with van der Waals surface area (Å²) in [6.07, 6.45) is 1.74. The number of hydrogen-bond donors (Lipinski definition) is 2. The number of nitrogens with zero attached hydrogens (tertiary/aromatic N) is 3. The quantitative estimate of drug-likeness (QED) is 0.539. The molecule has 0 aliphatic rings. The molecule has 0 unspecified atom stereocenters. The first-order valence-corrected chi connectivity index (χ1v) is 8.72. The van der Waals surface area contributed by atoms with Gasteiger partial charge >= 0.3 is 0 Å². The van der Waals surface area contributed by atoms with Gasteiger partial charge in [0.05, 0.1) is 5.69 Å². The van der Waals surface area contributed by atoms with Crippen LogP contribution in [0, 0.1) is 0 Å². The number of likely N-dealkylation sites (N-methyl/N-ethyl adjacent to an activating group) is 1. The van der Waals surface area contributed by atoms with Gasteiger partial charge in [-0.05, 0) is 26.8 Å². The summed E-state index contributed by atoms with van der Waals surface area (Å²) in [5.41, 5.74) is 2.19. The van der Waals surface area contributed by atoms with E-state index in [2.05, 4.69) is 60.3 Å². The number of aromatic nitrogens is 1. The summed E-state index contributed by atoms with van der Waals surface area (Å²) in [7, 11) is 1.80. The highest BCUT2D eigenvalue weighted by Gasteiger charge is 2.13. The van der Waals surface area contributed by atoms with Gasteiger partial charge in [-0.3, -0.25) is 9.89 Å². The first kappa shape index (κ1) is 19.5. The monoisotopic (exact) mass is 323 g/mol. The number of aliphatic imine (C=N–C) groups is 1. The molecule has 2 N–H and O–H groups in total. The van der Waals surface area contributed by atoms with Gasteiger partial charge in [-0.25, -0.2) is 0 Å². The Balaban J connectivity index is 2.50. The molecule has 0 radical (unpaired) electrons. The summed E-state index contributed by atoms with van der Waals surface area (Å²) < 4.78 is 5.40. The normalized spacial score (nSPS) is 12.3. The lowest BCUT2D eigenvalue weighted by Gasteiger charge is -2.25. The Morgan fingerprint density at radius 1 is 1.22 bits per heavy atom. The van der Waals surface area contributed by atoms with Crippen molar-refractivity contribution in [1.82, 2.24) is 20.7 Å². The predicted octanol–water partition coefficient (Wildman–Crippen LogP) is 2.19. The van der Waals surface area contributed by atoms with Crippen molar-refractivity contribution in [3.05, 3.63) is 17.0 Å². The average Bonchev–Trinajstić information content (AvgIpc) is 2.95. The molecule has 6 nitrogen and oxygen atoms in total. The topological polar surface area (TPSA) is 65.7 Å². The summed E-state index contributed by atoms with van der Waals surface area (Å²) in [6, 6.07) is 0.563. The Labute approximate surface area is 140 Å². The van der Waals surface area contributed by atoms with Crippen LogP contribution >= 0.6 is 0 Å². The number of nitrogens with one attached hydrogen (secondary N) is 2. The SMILES string of the molecule is CCc1noc(CC)c1CNC(=NC)NCCN(CC)C(C)C. The van der Waals surface area contributed by atoms with Gasteiger partial charge in [-0.2, -0.15) is 0 Å². The van der Waals surface area contributed by atoms with Crippen LogP contribution in [0.3, 0.4) is 0 Å². The molecular formula is C17H33N5O. The van der Waals surface area contributed by atoms with Crippen molar-refractivity contribution in [2.75, 3.05) is 26.7 Å². The number of guanidine groups is 1. The smallest absolute Gasteiger partial charge is 0.191 e. The number of rotatable bonds is 9. The molecule has 1 heterocycles. The van der Waals surface area contributed by atoms with Gasteiger partial charge < -0.3 is 15.2 Å². The summed E-state index contributed by atoms with van der Waals surface area (Å²) >= 11 is 0. The third-order valence-electron chi connectivity index (χ3n) is 4.09. The molecular weight excluding hydrogens is 290 g/mol. The molecule has 0 bridgehead atoms. The van der Waals surface area contributed by atoms with E-state index in [1.807, 2.05) is 0 Å². The van der Waals surface area contributed by atoms with E-state index >= 15 is 0 Å². The van der Waals surface area contributed by atoms with E-state index in [0.29, 0.717) is 12.6 Å². The lowest BCUT2D eigenvalue weighted by atomic mass is 10.1. The zero-order valence-electron chi connectivity index (χ0n) is 15.6. The van der Waals surface area contributed by atoms with Gasteiger partial charge in [-0.1, -0.05) is 25.9 Å². The molecule has 0 saturated heterocycles. The second-order valence-electron chi connectivity index (χ2n) is 5.81. The minimum absolute atomic E-state index is 0.563. The van der Waals surface area contributed by atoms with Crippen molar-refractivity contribution in [2.24, 2.45) is 4.99 Å². The van der Waals surface area contributed by atoms with Crippen LogP contribution in [-0.2, 0) is 19.4 Å². The Hall–Kier alpha value is -1.56. The van der Waals surface area contributed by atoms with Gasteiger partial charge in [0.2, 0.25) is 0 Å². The fraction of sp³-hybridized carbons (Fsp3) is 0.765. The summed E-state index contributed by atoms with van der Waals surface area (Å²) in [4.78, 5) is 6.71. The second-order valence-corrected chi connectivity index (χ2v) is 5.81. The zero-order chi connectivity index (χ0) is 17.2. The standard InChI is InChI=1S/C17H33N5O/c1-7-15-14(16(8-2)23-21-15)12-20-17(18-6)19-10-11-22(9-3)13(4)5/h13H,7-12H2,1-6H3,(H2,18,19,20). The highest BCUT2D eigenvalue weighted by atomic mass is 16.5. The molecule has 0 atom stereocenters. The maximum absolute atomic E-state index is 5.40. The first-order chi connectivity index (χ1) is 11.1. The van der Waals surface area contributed by atoms with Crippen LogP contribution in [0.2, 0.25) is 0 Å². The Bertz CT molecular complexity index is 460. The summed E-state index contributed by atoms with van der Waals surface area (Å²) in [5.74, 6) is 1.77. The van der Waals surface area contributed by atoms with Crippen molar-refractivity contribution >= 4 is 5.96 Å². The highest BCUT2D eigenvalue weighted by Crippen LogP contribution is 2.15. The van der Waals surface area contributed by atoms with Crippen molar-refractivity contribution in [3.8, 4) is 0 Å². The van der Waals surface area contributed by atoms with Crippen LogP contribution in [-0.4, -0.2) is 48.7 Å². The van der Waals surface area contributed by atoms with Crippen molar-refractivity contribution < 1.29 is 4.52 Å². The van der Waals surface area contributed by atoms with E-state index in [1.54, 1.807) is 7.05 Å². The van der Waals surface area contributed by atoms with Crippen LogP contribution in [0.25, 0.3) is 0 Å². The minimum Gasteiger partial charge on any atom is -0.361 e. The van der Waals surface area contributed by atoms with Crippen LogP contribution < -0.4 is 10.6 Å². The third kappa shape index (κ3) is 5.86. The van der Waals surface area contributed by atoms with Crippen LogP contribution in [0.4, 0.5) is 0 Å². The average molecular weight is 323 g/mol. The van der Waals surface area contributed by atoms with E-state index in [9.17, 15) is 0 Å². The molecule has 0 saturated carbocycles. The molecule has 0 aromatic carbocycles. The fourth-order valence-corrected chi connectivity index (χ4v) is 2.63. The number of aryl methyl sites for hydroxylation is 2. The van der Waals surface area contributed by atoms with Gasteiger partial charge in [0, 0.05) is 44.7 Å². The van der Waals surface area contributed by atoms with Crippen molar-refractivity contribution in [2.45, 2.75) is 60.0 Å². The maximum Gasteiger partial charge on any atom is 0.191 e. The van der Waals surface area contributed by atoms with E-state index in [0.717, 1.165) is 55.5 Å². The molecule has 6 heteroatoms. The fourth-order valence-electron chi connectivity index (χ4n) is 2.63. The molecule has 0 amide bonds. The molecule has 0 aliphatic carbocycles. The lowest BCUT2D eigenvalue weighted by Crippen LogP contribution is -2.43. The Morgan fingerprint density at radius 3 is 2.48 bits per heavy atom. The van der Waals surface area contributed by atoms with Crippen LogP contribution in [0.15, 0.2) is 9.52 Å². The number of hydrogen-bond acceptors (Lipinski definition) is 4. The lowest BCUT2D eigenvalue weighted by molar-refractivity contribution is 0.237. The third-order valence-corrected chi connectivity index (χ3v) is 4.09. The highest BCUT2D eigenvalue weighted by molar-refractivity contribution is 5.79. The molecule has 0 spiro atoms. The Kier molecular flexibility index (Phi) is 8.69. The molecule has 0 fully saturated rings. The van der Waals surface area contributed by atoms with E-state index < -0.39 is 0 Å². The van der Waals surface area contributed by atoms with E-state index in [-0.39, 0.29) is 0 Å². The van der Waals surface area contributed by atoms with E-state index in [4.69, 9.17) is 4.52 Å². The van der Waals surface area contributed by atoms with Crippen LogP contribution in [0.5, 0.6) is 0 Å². The minimum atomic E-state index is 0.563. The summed E-state index contributed by atoms with van der Waals surface area (Å²) in [5, 5.41) is 10.9. The largest absolute Gasteiger partial charge is 0.361 e. The maximum atomic E-state index is 5.40. The van der Waals surface area contributed by atoms with Crippen molar-refractivity contribution in [1.29, 1.82) is 0 Å². The van der Waals surface area contributed by atoms with Crippen molar-refractivity contribution in [3.63, 3.8) is 0 Å². The first-order valence-electron chi connectivity index (χ1n) is 8.72. The van der Waals surface area contributed by atoms with Gasteiger partial charge in [0.1, 0.15) is 5.76 Å². The molecule has 132 valence electrons. The zero-order valence-corrected chi connectivity index (χ0v) is 15.6. The van der Waals surface area contributed by atoms with Gasteiger partial charge in [0.15, 0.2) is 5.96 Å². The predicted molar refractivity (Wildman–Crippen MR) is 95.8 cm³/mol.